The molecule has 0 bridgehead atoms. The fourth-order valence-corrected chi connectivity index (χ4v) is 3.04. The van der Waals surface area contributed by atoms with Crippen LogP contribution in [-0.4, -0.2) is 48.4 Å². The lowest BCUT2D eigenvalue weighted by molar-refractivity contribution is -0.0588. The molecule has 1 aromatic heterocycles. The van der Waals surface area contributed by atoms with E-state index in [9.17, 15) is 13.5 Å². The molecule has 0 unspecified atom stereocenters. The van der Waals surface area contributed by atoms with Crippen LogP contribution in [0, 0.1) is 6.92 Å². The molecule has 2 N–H and O–H groups in total. The number of hydrogen-bond acceptors (Lipinski definition) is 5. The number of sulfonamides is 1. The molecule has 1 fully saturated rings. The average Bonchev–Trinajstić information content (AvgIpc) is 2.69. The van der Waals surface area contributed by atoms with E-state index < -0.39 is 15.6 Å². The van der Waals surface area contributed by atoms with E-state index in [0.29, 0.717) is 31.9 Å². The predicted molar refractivity (Wildman–Crippen MR) is 68.1 cm³/mol. The van der Waals surface area contributed by atoms with Crippen LogP contribution in [0.15, 0.2) is 11.2 Å². The molecule has 1 aromatic rings. The van der Waals surface area contributed by atoms with Crippen LogP contribution >= 0.6 is 0 Å². The van der Waals surface area contributed by atoms with Crippen LogP contribution in [-0.2, 0) is 21.8 Å². The predicted octanol–water partition coefficient (Wildman–Crippen LogP) is -0.452. The van der Waals surface area contributed by atoms with E-state index in [4.69, 9.17) is 4.74 Å². The average molecular weight is 289 g/mol. The molecular weight excluding hydrogens is 270 g/mol. The van der Waals surface area contributed by atoms with Crippen molar-refractivity contribution in [3.8, 4) is 0 Å². The lowest BCUT2D eigenvalue weighted by Gasteiger charge is -2.31. The van der Waals surface area contributed by atoms with Gasteiger partial charge in [-0.1, -0.05) is 0 Å². The number of aromatic nitrogens is 2. The van der Waals surface area contributed by atoms with Gasteiger partial charge in [0, 0.05) is 45.8 Å². The molecule has 0 atom stereocenters. The summed E-state index contributed by atoms with van der Waals surface area (Å²) < 4.78 is 33.3. The quantitative estimate of drug-likeness (QED) is 0.783. The van der Waals surface area contributed by atoms with Gasteiger partial charge in [0.2, 0.25) is 0 Å². The molecular formula is C11H19N3O4S. The van der Waals surface area contributed by atoms with Crippen LogP contribution in [0.4, 0.5) is 0 Å². The van der Waals surface area contributed by atoms with Crippen molar-refractivity contribution in [2.24, 2.45) is 7.05 Å². The highest BCUT2D eigenvalue weighted by Crippen LogP contribution is 2.20. The van der Waals surface area contributed by atoms with Gasteiger partial charge >= 0.3 is 0 Å². The first-order chi connectivity index (χ1) is 8.82. The number of ether oxygens (including phenoxy) is 1. The summed E-state index contributed by atoms with van der Waals surface area (Å²) in [5.41, 5.74) is -1.03. The van der Waals surface area contributed by atoms with Crippen molar-refractivity contribution in [3.05, 3.63) is 12.0 Å². The van der Waals surface area contributed by atoms with Crippen LogP contribution < -0.4 is 4.72 Å². The second kappa shape index (κ2) is 5.20. The third kappa shape index (κ3) is 3.33. The molecule has 108 valence electrons. The highest BCUT2D eigenvalue weighted by molar-refractivity contribution is 7.89. The van der Waals surface area contributed by atoms with Gasteiger partial charge in [0.15, 0.2) is 5.03 Å². The number of hydrogen-bond donors (Lipinski definition) is 2. The van der Waals surface area contributed by atoms with Crippen molar-refractivity contribution in [1.29, 1.82) is 0 Å². The van der Waals surface area contributed by atoms with E-state index in [-0.39, 0.29) is 11.6 Å². The van der Waals surface area contributed by atoms with Gasteiger partial charge in [0.25, 0.3) is 10.0 Å². The molecule has 1 aliphatic rings. The monoisotopic (exact) mass is 289 g/mol. The first kappa shape index (κ1) is 14.4. The standard InChI is InChI=1S/C11H19N3O4S/c1-9-13-10(7-14(9)2)19(16,17)12-8-11(15)3-5-18-6-4-11/h7,12,15H,3-6,8H2,1-2H3. The second-order valence-corrected chi connectivity index (χ2v) is 6.61. The summed E-state index contributed by atoms with van der Waals surface area (Å²) >= 11 is 0. The molecule has 7 nitrogen and oxygen atoms in total. The molecule has 2 rings (SSSR count). The molecule has 19 heavy (non-hydrogen) atoms. The first-order valence-electron chi connectivity index (χ1n) is 6.12. The van der Waals surface area contributed by atoms with Crippen molar-refractivity contribution in [3.63, 3.8) is 0 Å². The summed E-state index contributed by atoms with van der Waals surface area (Å²) in [4.78, 5) is 3.97. The van der Waals surface area contributed by atoms with Gasteiger partial charge in [0.05, 0.1) is 5.60 Å². The van der Waals surface area contributed by atoms with Crippen LogP contribution in [0.2, 0.25) is 0 Å². The Bertz CT molecular complexity index is 527. The number of aliphatic hydroxyl groups is 1. The number of nitrogens with one attached hydrogen (secondary N) is 1. The molecule has 0 saturated carbocycles. The van der Waals surface area contributed by atoms with Crippen molar-refractivity contribution >= 4 is 10.0 Å². The summed E-state index contributed by atoms with van der Waals surface area (Å²) in [6.45, 7) is 2.60. The fraction of sp³-hybridized carbons (Fsp3) is 0.727. The van der Waals surface area contributed by atoms with Crippen molar-refractivity contribution in [1.82, 2.24) is 14.3 Å². The summed E-state index contributed by atoms with van der Waals surface area (Å²) in [6, 6.07) is 0. The molecule has 8 heteroatoms. The summed E-state index contributed by atoms with van der Waals surface area (Å²) in [7, 11) is -1.95. The largest absolute Gasteiger partial charge is 0.388 e. The molecule has 2 heterocycles. The zero-order chi connectivity index (χ0) is 14.1. The van der Waals surface area contributed by atoms with Crippen molar-refractivity contribution in [2.75, 3.05) is 19.8 Å². The Morgan fingerprint density at radius 1 is 1.53 bits per heavy atom. The maximum absolute atomic E-state index is 12.1. The van der Waals surface area contributed by atoms with Gasteiger partial charge in [-0.25, -0.2) is 18.1 Å². The Balaban J connectivity index is 2.05. The Labute approximate surface area is 112 Å². The van der Waals surface area contributed by atoms with E-state index in [1.165, 1.54) is 6.20 Å². The van der Waals surface area contributed by atoms with E-state index in [2.05, 4.69) is 9.71 Å². The highest BCUT2D eigenvalue weighted by Gasteiger charge is 2.32. The number of imidazole rings is 1. The van der Waals surface area contributed by atoms with Gasteiger partial charge in [-0.2, -0.15) is 0 Å². The first-order valence-corrected chi connectivity index (χ1v) is 7.60. The maximum Gasteiger partial charge on any atom is 0.259 e. The minimum atomic E-state index is -3.68. The van der Waals surface area contributed by atoms with Crippen LogP contribution in [0.25, 0.3) is 0 Å². The smallest absolute Gasteiger partial charge is 0.259 e. The van der Waals surface area contributed by atoms with E-state index in [1.807, 2.05) is 0 Å². The molecule has 0 aromatic carbocycles. The topological polar surface area (TPSA) is 93.5 Å². The zero-order valence-corrected chi connectivity index (χ0v) is 11.9. The third-order valence-corrected chi connectivity index (χ3v) is 4.65. The SMILES string of the molecule is Cc1nc(S(=O)(=O)NCC2(O)CCOCC2)cn1C. The fourth-order valence-electron chi connectivity index (χ4n) is 1.89. The minimum Gasteiger partial charge on any atom is -0.388 e. The van der Waals surface area contributed by atoms with E-state index in [1.54, 1.807) is 18.5 Å². The second-order valence-electron chi connectivity index (χ2n) is 4.90. The summed E-state index contributed by atoms with van der Waals surface area (Å²) in [5, 5.41) is 10.2. The van der Waals surface area contributed by atoms with Crippen LogP contribution in [0.5, 0.6) is 0 Å². The normalized spacial score (nSPS) is 19.5. The molecule has 1 saturated heterocycles. The lowest BCUT2D eigenvalue weighted by Crippen LogP contribution is -2.46. The molecule has 1 aliphatic heterocycles. The Morgan fingerprint density at radius 3 is 2.68 bits per heavy atom. The minimum absolute atomic E-state index is 0.0195. The van der Waals surface area contributed by atoms with Crippen LogP contribution in [0.1, 0.15) is 18.7 Å². The maximum atomic E-state index is 12.1. The van der Waals surface area contributed by atoms with Gasteiger partial charge in [0.1, 0.15) is 5.82 Å². The van der Waals surface area contributed by atoms with Crippen molar-refractivity contribution < 1.29 is 18.3 Å². The van der Waals surface area contributed by atoms with Gasteiger partial charge in [-0.15, -0.1) is 0 Å². The van der Waals surface area contributed by atoms with Crippen LogP contribution in [0.3, 0.4) is 0 Å². The lowest BCUT2D eigenvalue weighted by atomic mass is 9.95. The van der Waals surface area contributed by atoms with Gasteiger partial charge in [-0.05, 0) is 6.92 Å². The summed E-state index contributed by atoms with van der Waals surface area (Å²) in [5.74, 6) is 0.616. The van der Waals surface area contributed by atoms with E-state index >= 15 is 0 Å². The molecule has 0 radical (unpaired) electrons. The van der Waals surface area contributed by atoms with Crippen molar-refractivity contribution in [2.45, 2.75) is 30.4 Å². The Morgan fingerprint density at radius 2 is 2.16 bits per heavy atom. The van der Waals surface area contributed by atoms with Gasteiger partial charge in [-0.3, -0.25) is 0 Å². The van der Waals surface area contributed by atoms with E-state index in [0.717, 1.165) is 0 Å². The summed E-state index contributed by atoms with van der Waals surface area (Å²) in [6.07, 6.45) is 2.30. The number of nitrogens with zero attached hydrogens (tertiary/aromatic N) is 2. The number of rotatable bonds is 4. The molecule has 0 spiro atoms. The Hall–Kier alpha value is -0.960. The third-order valence-electron chi connectivity index (χ3n) is 3.38. The Kier molecular flexibility index (Phi) is 3.95. The van der Waals surface area contributed by atoms with Gasteiger partial charge < -0.3 is 14.4 Å². The molecule has 0 aliphatic carbocycles. The number of aryl methyl sites for hydroxylation is 2. The molecule has 0 amide bonds. The zero-order valence-electron chi connectivity index (χ0n) is 11.1. The highest BCUT2D eigenvalue weighted by atomic mass is 32.2.